The van der Waals surface area contributed by atoms with E-state index in [0.29, 0.717) is 12.5 Å². The van der Waals surface area contributed by atoms with Gasteiger partial charge in [-0.05, 0) is 26.2 Å². The first-order valence-corrected chi connectivity index (χ1v) is 6.78. The molecule has 4 nitrogen and oxygen atoms in total. The normalized spacial score (nSPS) is 30.9. The van der Waals surface area contributed by atoms with E-state index in [2.05, 4.69) is 23.6 Å². The molecule has 0 radical (unpaired) electrons. The highest BCUT2D eigenvalue weighted by molar-refractivity contribution is 4.92. The van der Waals surface area contributed by atoms with Crippen molar-refractivity contribution in [1.82, 2.24) is 9.80 Å². The minimum Gasteiger partial charge on any atom is -0.396 e. The van der Waals surface area contributed by atoms with Crippen molar-refractivity contribution in [2.45, 2.75) is 25.8 Å². The first-order chi connectivity index (χ1) is 8.12. The van der Waals surface area contributed by atoms with Crippen LogP contribution in [-0.2, 0) is 4.74 Å². The second kappa shape index (κ2) is 5.65. The predicted molar refractivity (Wildman–Crippen MR) is 68.1 cm³/mol. The van der Waals surface area contributed by atoms with Gasteiger partial charge in [-0.15, -0.1) is 0 Å². The average Bonchev–Trinajstić information content (AvgIpc) is 2.63. The van der Waals surface area contributed by atoms with Gasteiger partial charge in [-0.1, -0.05) is 0 Å². The van der Waals surface area contributed by atoms with E-state index in [-0.39, 0.29) is 5.54 Å². The first-order valence-electron chi connectivity index (χ1n) is 6.78. The molecule has 2 aliphatic heterocycles. The fraction of sp³-hybridized carbons (Fsp3) is 1.00. The molecule has 0 aromatic heterocycles. The third kappa shape index (κ3) is 3.41. The monoisotopic (exact) mass is 242 g/mol. The minimum atomic E-state index is 0.250. The topological polar surface area (TPSA) is 35.9 Å². The molecule has 2 aliphatic rings. The fourth-order valence-electron chi connectivity index (χ4n) is 3.06. The lowest BCUT2D eigenvalue weighted by Gasteiger charge is -2.34. The second-order valence-corrected chi connectivity index (χ2v) is 5.97. The van der Waals surface area contributed by atoms with E-state index in [1.165, 1.54) is 0 Å². The van der Waals surface area contributed by atoms with Gasteiger partial charge in [0.05, 0.1) is 13.2 Å². The molecular formula is C13H26N2O2. The van der Waals surface area contributed by atoms with Crippen LogP contribution in [0.1, 0.15) is 20.3 Å². The van der Waals surface area contributed by atoms with Crippen LogP contribution in [0.5, 0.6) is 0 Å². The number of hydrogen-bond acceptors (Lipinski definition) is 4. The fourth-order valence-corrected chi connectivity index (χ4v) is 3.06. The number of aliphatic hydroxyl groups excluding tert-OH is 1. The maximum absolute atomic E-state index is 9.28. The zero-order valence-electron chi connectivity index (χ0n) is 11.2. The van der Waals surface area contributed by atoms with Gasteiger partial charge < -0.3 is 9.84 Å². The van der Waals surface area contributed by atoms with Gasteiger partial charge in [0.2, 0.25) is 0 Å². The van der Waals surface area contributed by atoms with Crippen LogP contribution in [0.4, 0.5) is 0 Å². The summed E-state index contributed by atoms with van der Waals surface area (Å²) < 4.78 is 5.36. The Hall–Kier alpha value is -0.160. The van der Waals surface area contributed by atoms with Gasteiger partial charge in [0.1, 0.15) is 0 Å². The van der Waals surface area contributed by atoms with Crippen LogP contribution in [0.15, 0.2) is 0 Å². The van der Waals surface area contributed by atoms with Gasteiger partial charge in [0, 0.05) is 44.9 Å². The highest BCUT2D eigenvalue weighted by Gasteiger charge is 2.37. The number of hydrogen-bond donors (Lipinski definition) is 1. The molecule has 1 atom stereocenters. The van der Waals surface area contributed by atoms with Crippen molar-refractivity contribution in [2.75, 3.05) is 52.5 Å². The van der Waals surface area contributed by atoms with Crippen LogP contribution in [0.2, 0.25) is 0 Å². The van der Waals surface area contributed by atoms with Crippen molar-refractivity contribution in [3.63, 3.8) is 0 Å². The van der Waals surface area contributed by atoms with Crippen molar-refractivity contribution in [1.29, 1.82) is 0 Å². The van der Waals surface area contributed by atoms with Crippen molar-refractivity contribution in [3.8, 4) is 0 Å². The lowest BCUT2D eigenvalue weighted by molar-refractivity contribution is 0.0296. The molecule has 0 aromatic carbocycles. The van der Waals surface area contributed by atoms with Crippen LogP contribution >= 0.6 is 0 Å². The smallest absolute Gasteiger partial charge is 0.0594 e. The van der Waals surface area contributed by atoms with E-state index in [1.54, 1.807) is 0 Å². The summed E-state index contributed by atoms with van der Waals surface area (Å²) in [5.74, 6) is 0.467. The Morgan fingerprint density at radius 3 is 2.53 bits per heavy atom. The van der Waals surface area contributed by atoms with Crippen molar-refractivity contribution in [2.24, 2.45) is 5.92 Å². The summed E-state index contributed by atoms with van der Waals surface area (Å²) in [5.41, 5.74) is 0.250. The molecule has 2 rings (SSSR count). The Bertz CT molecular complexity index is 240. The number of rotatable bonds is 4. The molecule has 0 aliphatic carbocycles. The summed E-state index contributed by atoms with van der Waals surface area (Å²) in [6.45, 7) is 12.1. The summed E-state index contributed by atoms with van der Waals surface area (Å²) in [7, 11) is 0. The van der Waals surface area contributed by atoms with Gasteiger partial charge >= 0.3 is 0 Å². The number of ether oxygens (including phenoxy) is 1. The largest absolute Gasteiger partial charge is 0.396 e. The summed E-state index contributed by atoms with van der Waals surface area (Å²) in [5, 5.41) is 9.28. The highest BCUT2D eigenvalue weighted by Crippen LogP contribution is 2.31. The molecule has 17 heavy (non-hydrogen) atoms. The van der Waals surface area contributed by atoms with Gasteiger partial charge in [-0.2, -0.15) is 0 Å². The van der Waals surface area contributed by atoms with E-state index in [0.717, 1.165) is 52.4 Å². The molecule has 100 valence electrons. The van der Waals surface area contributed by atoms with Crippen molar-refractivity contribution in [3.05, 3.63) is 0 Å². The molecule has 0 aromatic rings. The van der Waals surface area contributed by atoms with E-state index in [4.69, 9.17) is 4.74 Å². The second-order valence-electron chi connectivity index (χ2n) is 5.97. The Kier molecular flexibility index (Phi) is 4.42. The van der Waals surface area contributed by atoms with E-state index >= 15 is 0 Å². The zero-order valence-corrected chi connectivity index (χ0v) is 11.2. The molecule has 2 fully saturated rings. The summed E-state index contributed by atoms with van der Waals surface area (Å²) in [6, 6.07) is 0. The maximum atomic E-state index is 9.28. The maximum Gasteiger partial charge on any atom is 0.0594 e. The van der Waals surface area contributed by atoms with Crippen LogP contribution in [0.25, 0.3) is 0 Å². The molecule has 0 bridgehead atoms. The number of likely N-dealkylation sites (tertiary alicyclic amines) is 1. The quantitative estimate of drug-likeness (QED) is 0.775. The lowest BCUT2D eigenvalue weighted by Crippen LogP contribution is -2.45. The van der Waals surface area contributed by atoms with Gasteiger partial charge in [0.25, 0.3) is 0 Å². The highest BCUT2D eigenvalue weighted by atomic mass is 16.5. The molecule has 4 heteroatoms. The lowest BCUT2D eigenvalue weighted by atomic mass is 9.97. The summed E-state index contributed by atoms with van der Waals surface area (Å²) in [6.07, 6.45) is 1.12. The van der Waals surface area contributed by atoms with E-state index in [1.807, 2.05) is 0 Å². The number of aliphatic hydroxyl groups is 1. The Morgan fingerprint density at radius 2 is 1.94 bits per heavy atom. The Labute approximate surface area is 105 Å². The molecule has 0 amide bonds. The van der Waals surface area contributed by atoms with Gasteiger partial charge in [-0.25, -0.2) is 0 Å². The van der Waals surface area contributed by atoms with E-state index < -0.39 is 0 Å². The van der Waals surface area contributed by atoms with Crippen LogP contribution in [0.3, 0.4) is 0 Å². The zero-order chi connectivity index (χ0) is 12.3. The van der Waals surface area contributed by atoms with Crippen LogP contribution in [0, 0.1) is 5.92 Å². The molecule has 0 saturated carbocycles. The number of nitrogens with zero attached hydrogens (tertiary/aromatic N) is 2. The molecule has 1 unspecified atom stereocenters. The standard InChI is InChI=1S/C13H26N2O2/c1-13(2)9-12(11-16)10-15(13)4-3-14-5-7-17-8-6-14/h12,16H,3-11H2,1-2H3. The van der Waals surface area contributed by atoms with Crippen molar-refractivity contribution >= 4 is 0 Å². The van der Waals surface area contributed by atoms with Gasteiger partial charge in [-0.3, -0.25) is 9.80 Å². The molecular weight excluding hydrogens is 216 g/mol. The molecule has 0 spiro atoms. The van der Waals surface area contributed by atoms with Crippen LogP contribution in [-0.4, -0.2) is 73.0 Å². The molecule has 2 heterocycles. The predicted octanol–water partition coefficient (Wildman–Crippen LogP) is 0.411. The SMILES string of the molecule is CC1(C)CC(CO)CN1CCN1CCOCC1. The third-order valence-corrected chi connectivity index (χ3v) is 4.17. The molecule has 1 N–H and O–H groups in total. The summed E-state index contributed by atoms with van der Waals surface area (Å²) >= 11 is 0. The minimum absolute atomic E-state index is 0.250. The average molecular weight is 242 g/mol. The Balaban J connectivity index is 1.77. The van der Waals surface area contributed by atoms with E-state index in [9.17, 15) is 5.11 Å². The summed E-state index contributed by atoms with van der Waals surface area (Å²) in [4.78, 5) is 5.01. The van der Waals surface area contributed by atoms with Gasteiger partial charge in [0.15, 0.2) is 0 Å². The van der Waals surface area contributed by atoms with Crippen molar-refractivity contribution < 1.29 is 9.84 Å². The third-order valence-electron chi connectivity index (χ3n) is 4.17. The Morgan fingerprint density at radius 1 is 1.24 bits per heavy atom. The number of morpholine rings is 1. The molecule has 2 saturated heterocycles. The first kappa shape index (κ1) is 13.3. The van der Waals surface area contributed by atoms with Crippen LogP contribution < -0.4 is 0 Å².